The Hall–Kier alpha value is -3.59. The van der Waals surface area contributed by atoms with Gasteiger partial charge >= 0.3 is 0 Å². The predicted octanol–water partition coefficient (Wildman–Crippen LogP) is 2.14. The molecule has 0 spiro atoms. The molecule has 0 bridgehead atoms. The second-order valence-electron chi connectivity index (χ2n) is 7.19. The summed E-state index contributed by atoms with van der Waals surface area (Å²) in [5, 5.41) is 11.1. The van der Waals surface area contributed by atoms with Crippen molar-refractivity contribution >= 4 is 23.4 Å². The number of nitro benzene ring substituents is 1. The number of nitrogens with two attached hydrogens (primary N) is 1. The molecule has 30 heavy (non-hydrogen) atoms. The number of nitrogens with zero attached hydrogens (tertiary/aromatic N) is 3. The number of fused-ring (bicyclic) bond motifs is 1. The predicted molar refractivity (Wildman–Crippen MR) is 111 cm³/mol. The third-order valence-corrected chi connectivity index (χ3v) is 5.21. The number of carbonyl (C=O) groups is 1. The second kappa shape index (κ2) is 8.42. The average Bonchev–Trinajstić information content (AvgIpc) is 3.20. The summed E-state index contributed by atoms with van der Waals surface area (Å²) in [5.74, 6) is 0.960. The first kappa shape index (κ1) is 19.7. The van der Waals surface area contributed by atoms with Crippen LogP contribution in [0.3, 0.4) is 0 Å². The standard InChI is InChI=1S/C21H22N4O5/c22-21(26)6-2-16-12-17(25(27)28)3-4-18(16)24-9-7-23(8-10-24)13-15-1-5-19-20(11-15)30-14-29-19/h1-6,11-12H,7-10,13-14H2,(H2,22,26)/b6-2+. The number of nitro groups is 1. The van der Waals surface area contributed by atoms with Gasteiger partial charge in [-0.05, 0) is 29.8 Å². The number of benzene rings is 2. The Labute approximate surface area is 173 Å². The van der Waals surface area contributed by atoms with E-state index in [9.17, 15) is 14.9 Å². The van der Waals surface area contributed by atoms with Gasteiger partial charge in [0.15, 0.2) is 11.5 Å². The van der Waals surface area contributed by atoms with Crippen LogP contribution >= 0.6 is 0 Å². The van der Waals surface area contributed by atoms with E-state index in [4.69, 9.17) is 15.2 Å². The SMILES string of the molecule is NC(=O)/C=C/c1cc([N+](=O)[O-])ccc1N1CCN(Cc2ccc3c(c2)OCO3)CC1. The van der Waals surface area contributed by atoms with E-state index in [1.807, 2.05) is 18.2 Å². The molecule has 9 heteroatoms. The third kappa shape index (κ3) is 4.36. The highest BCUT2D eigenvalue weighted by Gasteiger charge is 2.21. The van der Waals surface area contributed by atoms with Crippen LogP contribution in [0, 0.1) is 10.1 Å². The lowest BCUT2D eigenvalue weighted by Crippen LogP contribution is -2.46. The first-order valence-electron chi connectivity index (χ1n) is 9.61. The molecule has 2 aromatic carbocycles. The smallest absolute Gasteiger partial charge is 0.270 e. The molecule has 2 aliphatic rings. The van der Waals surface area contributed by atoms with Crippen LogP contribution in [0.15, 0.2) is 42.5 Å². The lowest BCUT2D eigenvalue weighted by Gasteiger charge is -2.36. The summed E-state index contributed by atoms with van der Waals surface area (Å²) in [6.07, 6.45) is 2.75. The van der Waals surface area contributed by atoms with E-state index >= 15 is 0 Å². The molecule has 1 saturated heterocycles. The normalized spacial score (nSPS) is 16.2. The first-order chi connectivity index (χ1) is 14.5. The Balaban J connectivity index is 1.44. The van der Waals surface area contributed by atoms with Crippen molar-refractivity contribution in [2.24, 2.45) is 5.73 Å². The minimum absolute atomic E-state index is 0.0238. The number of non-ortho nitro benzene ring substituents is 1. The Bertz CT molecular complexity index is 999. The highest BCUT2D eigenvalue weighted by atomic mass is 16.7. The molecule has 156 valence electrons. The van der Waals surface area contributed by atoms with Crippen LogP contribution < -0.4 is 20.1 Å². The van der Waals surface area contributed by atoms with Gasteiger partial charge in [-0.25, -0.2) is 0 Å². The van der Waals surface area contributed by atoms with Crippen molar-refractivity contribution in [1.29, 1.82) is 0 Å². The molecule has 2 N–H and O–H groups in total. The molecule has 4 rings (SSSR count). The van der Waals surface area contributed by atoms with E-state index in [1.54, 1.807) is 6.07 Å². The van der Waals surface area contributed by atoms with Crippen molar-refractivity contribution in [3.8, 4) is 11.5 Å². The molecule has 1 amide bonds. The van der Waals surface area contributed by atoms with Crippen molar-refractivity contribution in [3.63, 3.8) is 0 Å². The van der Waals surface area contributed by atoms with Crippen molar-refractivity contribution in [2.75, 3.05) is 37.9 Å². The molecule has 9 nitrogen and oxygen atoms in total. The third-order valence-electron chi connectivity index (χ3n) is 5.21. The van der Waals surface area contributed by atoms with Gasteiger partial charge in [-0.3, -0.25) is 19.8 Å². The number of carbonyl (C=O) groups excluding carboxylic acids is 1. The summed E-state index contributed by atoms with van der Waals surface area (Å²) < 4.78 is 10.8. The molecular formula is C21H22N4O5. The molecular weight excluding hydrogens is 388 g/mol. The summed E-state index contributed by atoms with van der Waals surface area (Å²) in [4.78, 5) is 26.3. The zero-order chi connectivity index (χ0) is 21.1. The maximum atomic E-state index is 11.1. The minimum atomic E-state index is -0.596. The number of anilines is 1. The Kier molecular flexibility index (Phi) is 5.53. The van der Waals surface area contributed by atoms with Gasteiger partial charge in [-0.15, -0.1) is 0 Å². The van der Waals surface area contributed by atoms with E-state index < -0.39 is 10.8 Å². The first-order valence-corrected chi connectivity index (χ1v) is 9.61. The summed E-state index contributed by atoms with van der Waals surface area (Å²) >= 11 is 0. The molecule has 1 fully saturated rings. The molecule has 0 aliphatic carbocycles. The summed E-state index contributed by atoms with van der Waals surface area (Å²) in [6.45, 7) is 4.27. The maximum absolute atomic E-state index is 11.1. The van der Waals surface area contributed by atoms with E-state index in [2.05, 4.69) is 9.80 Å². The topological polar surface area (TPSA) is 111 Å². The molecule has 0 saturated carbocycles. The number of primary amides is 1. The van der Waals surface area contributed by atoms with Crippen LogP contribution in [-0.4, -0.2) is 48.7 Å². The fourth-order valence-electron chi connectivity index (χ4n) is 3.69. The van der Waals surface area contributed by atoms with Gasteiger partial charge in [0.05, 0.1) is 4.92 Å². The monoisotopic (exact) mass is 410 g/mol. The van der Waals surface area contributed by atoms with Gasteiger partial charge in [0.25, 0.3) is 5.69 Å². The molecule has 0 atom stereocenters. The van der Waals surface area contributed by atoms with Crippen molar-refractivity contribution < 1.29 is 19.2 Å². The number of hydrogen-bond donors (Lipinski definition) is 1. The molecule has 0 radical (unpaired) electrons. The van der Waals surface area contributed by atoms with Crippen molar-refractivity contribution in [1.82, 2.24) is 4.90 Å². The van der Waals surface area contributed by atoms with E-state index in [0.717, 1.165) is 55.5 Å². The number of piperazine rings is 1. The Morgan fingerprint density at radius 2 is 1.87 bits per heavy atom. The number of rotatable bonds is 6. The van der Waals surface area contributed by atoms with Gasteiger partial charge in [-0.2, -0.15) is 0 Å². The Morgan fingerprint density at radius 3 is 2.60 bits per heavy atom. The van der Waals surface area contributed by atoms with E-state index in [-0.39, 0.29) is 12.5 Å². The molecule has 2 heterocycles. The van der Waals surface area contributed by atoms with Crippen LogP contribution in [0.5, 0.6) is 11.5 Å². The number of hydrogen-bond acceptors (Lipinski definition) is 7. The van der Waals surface area contributed by atoms with Crippen LogP contribution in [0.4, 0.5) is 11.4 Å². The molecule has 2 aliphatic heterocycles. The van der Waals surface area contributed by atoms with E-state index in [1.165, 1.54) is 24.3 Å². The molecule has 0 aromatic heterocycles. The number of ether oxygens (including phenoxy) is 2. The van der Waals surface area contributed by atoms with Gasteiger partial charge in [0.1, 0.15) is 0 Å². The zero-order valence-electron chi connectivity index (χ0n) is 16.3. The second-order valence-corrected chi connectivity index (χ2v) is 7.19. The van der Waals surface area contributed by atoms with Gasteiger partial charge in [-0.1, -0.05) is 6.07 Å². The molecule has 2 aromatic rings. The average molecular weight is 410 g/mol. The number of amides is 1. The van der Waals surface area contributed by atoms with Gasteiger partial charge < -0.3 is 20.1 Å². The quantitative estimate of drug-likeness (QED) is 0.441. The van der Waals surface area contributed by atoms with Crippen LogP contribution in [0.25, 0.3) is 6.08 Å². The zero-order valence-corrected chi connectivity index (χ0v) is 16.3. The van der Waals surface area contributed by atoms with Crippen molar-refractivity contribution in [2.45, 2.75) is 6.54 Å². The van der Waals surface area contributed by atoms with Gasteiger partial charge in [0, 0.05) is 62.2 Å². The fraction of sp³-hybridized carbons (Fsp3) is 0.286. The largest absolute Gasteiger partial charge is 0.454 e. The van der Waals surface area contributed by atoms with Gasteiger partial charge in [0.2, 0.25) is 12.7 Å². The maximum Gasteiger partial charge on any atom is 0.270 e. The van der Waals surface area contributed by atoms with Crippen LogP contribution in [0.2, 0.25) is 0 Å². The van der Waals surface area contributed by atoms with Crippen LogP contribution in [-0.2, 0) is 11.3 Å². The van der Waals surface area contributed by atoms with Crippen LogP contribution in [0.1, 0.15) is 11.1 Å². The fourth-order valence-corrected chi connectivity index (χ4v) is 3.69. The summed E-state index contributed by atoms with van der Waals surface area (Å²) in [5.41, 5.74) is 7.78. The highest BCUT2D eigenvalue weighted by Crippen LogP contribution is 2.33. The lowest BCUT2D eigenvalue weighted by atomic mass is 10.1. The highest BCUT2D eigenvalue weighted by molar-refractivity contribution is 5.91. The lowest BCUT2D eigenvalue weighted by molar-refractivity contribution is -0.384. The molecule has 0 unspecified atom stereocenters. The van der Waals surface area contributed by atoms with Crippen molar-refractivity contribution in [3.05, 3.63) is 63.7 Å². The minimum Gasteiger partial charge on any atom is -0.454 e. The van der Waals surface area contributed by atoms with E-state index in [0.29, 0.717) is 5.56 Å². The Morgan fingerprint density at radius 1 is 1.10 bits per heavy atom. The summed E-state index contributed by atoms with van der Waals surface area (Å²) in [6, 6.07) is 10.7. The summed E-state index contributed by atoms with van der Waals surface area (Å²) in [7, 11) is 0.